The van der Waals surface area contributed by atoms with Gasteiger partial charge in [-0.3, -0.25) is 0 Å². The zero-order chi connectivity index (χ0) is 18.3. The van der Waals surface area contributed by atoms with E-state index in [-0.39, 0.29) is 11.5 Å². The molecule has 0 saturated carbocycles. The summed E-state index contributed by atoms with van der Waals surface area (Å²) in [6.07, 6.45) is 5.03. The average molecular weight is 352 g/mol. The topological polar surface area (TPSA) is 38.7 Å². The second kappa shape index (κ2) is 6.53. The highest BCUT2D eigenvalue weighted by Crippen LogP contribution is 2.46. The fourth-order valence-corrected chi connectivity index (χ4v) is 4.42. The van der Waals surface area contributed by atoms with Crippen molar-refractivity contribution in [1.82, 2.24) is 0 Å². The number of hydrogen-bond donors (Lipinski definition) is 1. The largest absolute Gasteiger partial charge is 0.508 e. The van der Waals surface area contributed by atoms with E-state index < -0.39 is 0 Å². The average Bonchev–Trinajstić information content (AvgIpc) is 2.67. The normalized spacial score (nSPS) is 20.5. The molecule has 2 aromatic carbocycles. The SMILES string of the molecule is CCC1(CC)CCc2c(ccc3c2OCC(c2ccc(C)cc2O)C3)O1. The molecule has 26 heavy (non-hydrogen) atoms. The highest BCUT2D eigenvalue weighted by Gasteiger charge is 2.36. The van der Waals surface area contributed by atoms with Gasteiger partial charge < -0.3 is 14.6 Å². The summed E-state index contributed by atoms with van der Waals surface area (Å²) in [7, 11) is 0. The molecule has 4 rings (SSSR count). The van der Waals surface area contributed by atoms with Crippen LogP contribution in [0.2, 0.25) is 0 Å². The smallest absolute Gasteiger partial charge is 0.129 e. The molecule has 1 unspecified atom stereocenters. The van der Waals surface area contributed by atoms with Crippen molar-refractivity contribution in [2.45, 2.75) is 64.4 Å². The van der Waals surface area contributed by atoms with Gasteiger partial charge in [0.25, 0.3) is 0 Å². The summed E-state index contributed by atoms with van der Waals surface area (Å²) in [4.78, 5) is 0. The predicted molar refractivity (Wildman–Crippen MR) is 103 cm³/mol. The Labute approximate surface area is 156 Å². The first kappa shape index (κ1) is 17.3. The lowest BCUT2D eigenvalue weighted by Gasteiger charge is -2.39. The monoisotopic (exact) mass is 352 g/mol. The fraction of sp³-hybridized carbons (Fsp3) is 0.478. The lowest BCUT2D eigenvalue weighted by molar-refractivity contribution is 0.0370. The molecular weight excluding hydrogens is 324 g/mol. The van der Waals surface area contributed by atoms with Gasteiger partial charge in [-0.15, -0.1) is 0 Å². The number of benzene rings is 2. The Morgan fingerprint density at radius 3 is 2.69 bits per heavy atom. The van der Waals surface area contributed by atoms with Crippen LogP contribution in [0.5, 0.6) is 17.2 Å². The van der Waals surface area contributed by atoms with E-state index >= 15 is 0 Å². The molecule has 3 heteroatoms. The van der Waals surface area contributed by atoms with Crippen molar-refractivity contribution in [3.63, 3.8) is 0 Å². The van der Waals surface area contributed by atoms with Gasteiger partial charge in [0.2, 0.25) is 0 Å². The standard InChI is InChI=1S/C23H28O3/c1-4-23(5-2)11-10-19-21(26-23)9-7-16-13-17(14-25-22(16)19)18-8-6-15(3)12-20(18)24/h6-9,12,17,24H,4-5,10-11,13-14H2,1-3H3. The summed E-state index contributed by atoms with van der Waals surface area (Å²) in [6, 6.07) is 10.2. The number of aromatic hydroxyl groups is 1. The summed E-state index contributed by atoms with van der Waals surface area (Å²) >= 11 is 0. The van der Waals surface area contributed by atoms with Gasteiger partial charge in [-0.2, -0.15) is 0 Å². The molecule has 2 aliphatic heterocycles. The van der Waals surface area contributed by atoms with E-state index in [0.29, 0.717) is 12.4 Å². The second-order valence-electron chi connectivity index (χ2n) is 7.80. The van der Waals surface area contributed by atoms with Gasteiger partial charge in [0.1, 0.15) is 22.8 Å². The first-order valence-corrected chi connectivity index (χ1v) is 9.81. The van der Waals surface area contributed by atoms with Crippen molar-refractivity contribution in [2.75, 3.05) is 6.61 Å². The summed E-state index contributed by atoms with van der Waals surface area (Å²) in [5.74, 6) is 2.58. The van der Waals surface area contributed by atoms with Crippen LogP contribution in [0.15, 0.2) is 30.3 Å². The Balaban J connectivity index is 1.62. The number of fused-ring (bicyclic) bond motifs is 3. The Morgan fingerprint density at radius 1 is 1.15 bits per heavy atom. The lowest BCUT2D eigenvalue weighted by Crippen LogP contribution is -2.38. The third kappa shape index (κ3) is 2.84. The van der Waals surface area contributed by atoms with E-state index in [0.717, 1.165) is 54.7 Å². The Bertz CT molecular complexity index is 820. The molecule has 0 radical (unpaired) electrons. The van der Waals surface area contributed by atoms with E-state index in [1.807, 2.05) is 19.1 Å². The number of ether oxygens (including phenoxy) is 2. The van der Waals surface area contributed by atoms with Crippen LogP contribution in [0.4, 0.5) is 0 Å². The molecule has 2 aromatic rings. The zero-order valence-corrected chi connectivity index (χ0v) is 16.0. The molecule has 0 spiro atoms. The molecule has 1 atom stereocenters. The molecular formula is C23H28O3. The highest BCUT2D eigenvalue weighted by molar-refractivity contribution is 5.53. The second-order valence-corrected chi connectivity index (χ2v) is 7.80. The molecule has 0 aromatic heterocycles. The molecule has 0 saturated heterocycles. The Morgan fingerprint density at radius 2 is 1.96 bits per heavy atom. The van der Waals surface area contributed by atoms with Crippen LogP contribution in [0.1, 0.15) is 61.3 Å². The van der Waals surface area contributed by atoms with Crippen LogP contribution in [0.3, 0.4) is 0 Å². The first-order chi connectivity index (χ1) is 12.5. The molecule has 0 fully saturated rings. The number of aryl methyl sites for hydroxylation is 1. The van der Waals surface area contributed by atoms with E-state index in [4.69, 9.17) is 9.47 Å². The van der Waals surface area contributed by atoms with Crippen molar-refractivity contribution in [1.29, 1.82) is 0 Å². The Kier molecular flexibility index (Phi) is 4.34. The van der Waals surface area contributed by atoms with E-state index in [1.165, 1.54) is 11.1 Å². The predicted octanol–water partition coefficient (Wildman–Crippen LogP) is 5.30. The first-order valence-electron chi connectivity index (χ1n) is 9.81. The van der Waals surface area contributed by atoms with Gasteiger partial charge >= 0.3 is 0 Å². The number of rotatable bonds is 3. The number of phenols is 1. The Hall–Kier alpha value is -2.16. The van der Waals surface area contributed by atoms with Gasteiger partial charge in [0, 0.05) is 17.0 Å². The van der Waals surface area contributed by atoms with E-state index in [2.05, 4.69) is 32.0 Å². The van der Waals surface area contributed by atoms with Crippen molar-refractivity contribution < 1.29 is 14.6 Å². The maximum absolute atomic E-state index is 10.3. The molecule has 2 aliphatic rings. The summed E-state index contributed by atoms with van der Waals surface area (Å²) in [6.45, 7) is 7.02. The third-order valence-corrected chi connectivity index (χ3v) is 6.27. The minimum absolute atomic E-state index is 0.0217. The maximum atomic E-state index is 10.3. The van der Waals surface area contributed by atoms with Crippen LogP contribution in [-0.2, 0) is 12.8 Å². The quantitative estimate of drug-likeness (QED) is 0.814. The summed E-state index contributed by atoms with van der Waals surface area (Å²) in [5.41, 5.74) is 4.48. The summed E-state index contributed by atoms with van der Waals surface area (Å²) < 4.78 is 12.6. The molecule has 0 amide bonds. The summed E-state index contributed by atoms with van der Waals surface area (Å²) in [5, 5.41) is 10.3. The van der Waals surface area contributed by atoms with Crippen molar-refractivity contribution in [2.24, 2.45) is 0 Å². The molecule has 0 bridgehead atoms. The van der Waals surface area contributed by atoms with E-state index in [9.17, 15) is 5.11 Å². The minimum atomic E-state index is -0.0217. The molecule has 2 heterocycles. The van der Waals surface area contributed by atoms with Crippen molar-refractivity contribution in [3.8, 4) is 17.2 Å². The van der Waals surface area contributed by atoms with Gasteiger partial charge in [-0.25, -0.2) is 0 Å². The van der Waals surface area contributed by atoms with Gasteiger partial charge in [-0.05, 0) is 62.3 Å². The van der Waals surface area contributed by atoms with Crippen molar-refractivity contribution >= 4 is 0 Å². The zero-order valence-electron chi connectivity index (χ0n) is 16.0. The molecule has 0 aliphatic carbocycles. The number of phenolic OH excluding ortho intramolecular Hbond substituents is 1. The van der Waals surface area contributed by atoms with Gasteiger partial charge in [0.15, 0.2) is 0 Å². The van der Waals surface area contributed by atoms with Gasteiger partial charge in [-0.1, -0.05) is 32.0 Å². The fourth-order valence-electron chi connectivity index (χ4n) is 4.42. The van der Waals surface area contributed by atoms with Gasteiger partial charge in [0.05, 0.1) is 6.61 Å². The molecule has 3 nitrogen and oxygen atoms in total. The highest BCUT2D eigenvalue weighted by atomic mass is 16.5. The van der Waals surface area contributed by atoms with Crippen LogP contribution in [0.25, 0.3) is 0 Å². The third-order valence-electron chi connectivity index (χ3n) is 6.27. The van der Waals surface area contributed by atoms with Crippen LogP contribution in [0, 0.1) is 6.92 Å². The van der Waals surface area contributed by atoms with E-state index in [1.54, 1.807) is 0 Å². The van der Waals surface area contributed by atoms with Crippen molar-refractivity contribution in [3.05, 3.63) is 52.6 Å². The number of hydrogen-bond acceptors (Lipinski definition) is 3. The maximum Gasteiger partial charge on any atom is 0.129 e. The lowest BCUT2D eigenvalue weighted by atomic mass is 9.83. The minimum Gasteiger partial charge on any atom is -0.508 e. The molecule has 1 N–H and O–H groups in total. The van der Waals surface area contributed by atoms with Crippen LogP contribution < -0.4 is 9.47 Å². The van der Waals surface area contributed by atoms with Crippen LogP contribution >= 0.6 is 0 Å². The van der Waals surface area contributed by atoms with Crippen LogP contribution in [-0.4, -0.2) is 17.3 Å². The molecule has 138 valence electrons.